The zero-order valence-electron chi connectivity index (χ0n) is 11.6. The van der Waals surface area contributed by atoms with Crippen molar-refractivity contribution in [3.8, 4) is 0 Å². The highest BCUT2D eigenvalue weighted by atomic mass is 19.4. The molecule has 0 saturated heterocycles. The number of hydrazone groups is 1. The van der Waals surface area contributed by atoms with Gasteiger partial charge in [0.05, 0.1) is 0 Å². The van der Waals surface area contributed by atoms with E-state index in [0.29, 0.717) is 0 Å². The van der Waals surface area contributed by atoms with Crippen molar-refractivity contribution < 1.29 is 23.1 Å². The number of aliphatic hydroxyl groups is 1. The van der Waals surface area contributed by atoms with Gasteiger partial charge in [-0.05, 0) is 25.5 Å². The molecular weight excluding hydrogens is 285 g/mol. The van der Waals surface area contributed by atoms with Gasteiger partial charge in [0.2, 0.25) is 0 Å². The van der Waals surface area contributed by atoms with Crippen molar-refractivity contribution in [2.24, 2.45) is 5.10 Å². The van der Waals surface area contributed by atoms with E-state index in [1.54, 1.807) is 26.0 Å². The summed E-state index contributed by atoms with van der Waals surface area (Å²) in [5.74, 6) is -0.974. The first-order valence-corrected chi connectivity index (χ1v) is 6.45. The molecule has 0 bridgehead atoms. The first kappa shape index (κ1) is 15.5. The Hall–Kier alpha value is -1.89. The van der Waals surface area contributed by atoms with Crippen molar-refractivity contribution in [3.63, 3.8) is 0 Å². The summed E-state index contributed by atoms with van der Waals surface area (Å²) in [6.45, 7) is 3.42. The third-order valence-corrected chi connectivity index (χ3v) is 3.40. The Morgan fingerprint density at radius 1 is 1.38 bits per heavy atom. The van der Waals surface area contributed by atoms with Gasteiger partial charge in [0.25, 0.3) is 11.6 Å². The van der Waals surface area contributed by atoms with Crippen LogP contribution in [0.15, 0.2) is 29.4 Å². The number of halogens is 3. The van der Waals surface area contributed by atoms with Crippen molar-refractivity contribution in [2.75, 3.05) is 0 Å². The van der Waals surface area contributed by atoms with E-state index in [4.69, 9.17) is 0 Å². The molecule has 0 spiro atoms. The van der Waals surface area contributed by atoms with Crippen LogP contribution in [0, 0.1) is 6.92 Å². The molecule has 1 aliphatic rings. The monoisotopic (exact) mass is 300 g/mol. The van der Waals surface area contributed by atoms with Crippen molar-refractivity contribution in [3.05, 3.63) is 35.4 Å². The topological polar surface area (TPSA) is 52.9 Å². The van der Waals surface area contributed by atoms with Gasteiger partial charge < -0.3 is 5.11 Å². The second-order valence-corrected chi connectivity index (χ2v) is 4.99. The largest absolute Gasteiger partial charge is 0.438 e. The van der Waals surface area contributed by atoms with Crippen molar-refractivity contribution in [2.45, 2.75) is 38.6 Å². The van der Waals surface area contributed by atoms with E-state index in [-0.39, 0.29) is 22.7 Å². The van der Waals surface area contributed by atoms with Gasteiger partial charge in [0, 0.05) is 17.7 Å². The van der Waals surface area contributed by atoms with E-state index in [1.165, 1.54) is 12.1 Å². The lowest BCUT2D eigenvalue weighted by Gasteiger charge is -2.32. The average Bonchev–Trinajstić information content (AvgIpc) is 2.77. The molecule has 1 aromatic rings. The Balaban J connectivity index is 2.40. The number of aryl methyl sites for hydroxylation is 1. The minimum atomic E-state index is -4.98. The number of nitrogens with zero attached hydrogens (tertiary/aromatic N) is 2. The molecule has 0 radical (unpaired) electrons. The summed E-state index contributed by atoms with van der Waals surface area (Å²) in [7, 11) is 0. The number of carbonyl (C=O) groups excluding carboxylic acids is 1. The first-order chi connectivity index (χ1) is 9.69. The second-order valence-electron chi connectivity index (χ2n) is 4.99. The van der Waals surface area contributed by atoms with E-state index in [0.717, 1.165) is 5.56 Å². The van der Waals surface area contributed by atoms with E-state index in [9.17, 15) is 23.1 Å². The lowest BCUT2D eigenvalue weighted by molar-refractivity contribution is -0.297. The van der Waals surface area contributed by atoms with Gasteiger partial charge in [-0.3, -0.25) is 4.79 Å². The number of hydrogen-bond acceptors (Lipinski definition) is 3. The number of benzene rings is 1. The molecule has 21 heavy (non-hydrogen) atoms. The molecule has 1 atom stereocenters. The van der Waals surface area contributed by atoms with Crippen LogP contribution >= 0.6 is 0 Å². The van der Waals surface area contributed by atoms with Crippen LogP contribution in [-0.4, -0.2) is 33.6 Å². The van der Waals surface area contributed by atoms with Crippen molar-refractivity contribution in [1.29, 1.82) is 0 Å². The van der Waals surface area contributed by atoms with E-state index in [1.807, 2.05) is 0 Å². The number of hydrogen-bond donors (Lipinski definition) is 1. The van der Waals surface area contributed by atoms with Gasteiger partial charge in [-0.15, -0.1) is 0 Å². The molecule has 2 rings (SSSR count). The summed E-state index contributed by atoms with van der Waals surface area (Å²) in [5, 5.41) is 13.7. The van der Waals surface area contributed by atoms with Crippen LogP contribution in [-0.2, 0) is 0 Å². The third kappa shape index (κ3) is 2.65. The zero-order chi connectivity index (χ0) is 15.8. The van der Waals surface area contributed by atoms with E-state index in [2.05, 4.69) is 5.10 Å². The van der Waals surface area contributed by atoms with E-state index >= 15 is 0 Å². The normalized spacial score (nSPS) is 22.4. The maximum atomic E-state index is 13.1. The minimum absolute atomic E-state index is 0.0457. The van der Waals surface area contributed by atoms with Gasteiger partial charge in [-0.25, -0.2) is 0 Å². The van der Waals surface area contributed by atoms with Gasteiger partial charge in [0.1, 0.15) is 0 Å². The molecule has 1 aliphatic heterocycles. The van der Waals surface area contributed by atoms with Crippen molar-refractivity contribution >= 4 is 11.6 Å². The Morgan fingerprint density at radius 3 is 2.43 bits per heavy atom. The maximum Gasteiger partial charge on any atom is 0.438 e. The third-order valence-electron chi connectivity index (χ3n) is 3.40. The van der Waals surface area contributed by atoms with E-state index < -0.39 is 24.2 Å². The molecular formula is C14H15F3N2O2. The van der Waals surface area contributed by atoms with Gasteiger partial charge in [-0.2, -0.15) is 23.3 Å². The van der Waals surface area contributed by atoms with Crippen LogP contribution < -0.4 is 0 Å². The molecule has 4 nitrogen and oxygen atoms in total. The fourth-order valence-corrected chi connectivity index (χ4v) is 2.07. The standard InChI is InChI=1S/C14H15F3N2O2/c1-3-11-8-13(21,14(15,16)17)19(18-11)12(20)10-6-4-9(2)5-7-10/h4-7,21H,3,8H2,1-2H3/t13-/m1/s1. The Morgan fingerprint density at radius 2 is 1.95 bits per heavy atom. The van der Waals surface area contributed by atoms with Crippen LogP contribution in [0.25, 0.3) is 0 Å². The lowest BCUT2D eigenvalue weighted by atomic mass is 10.0. The summed E-state index contributed by atoms with van der Waals surface area (Å²) < 4.78 is 39.4. The summed E-state index contributed by atoms with van der Waals surface area (Å²) in [6.07, 6.45) is -5.46. The number of amides is 1. The second kappa shape index (κ2) is 5.14. The van der Waals surface area contributed by atoms with Crippen LogP contribution in [0.4, 0.5) is 13.2 Å². The molecule has 0 fully saturated rings. The summed E-state index contributed by atoms with van der Waals surface area (Å²) in [6, 6.07) is 6.04. The highest BCUT2D eigenvalue weighted by Crippen LogP contribution is 2.41. The van der Waals surface area contributed by atoms with Crippen LogP contribution in [0.1, 0.15) is 35.7 Å². The lowest BCUT2D eigenvalue weighted by Crippen LogP contribution is -2.56. The van der Waals surface area contributed by atoms with Crippen LogP contribution in [0.3, 0.4) is 0 Å². The molecule has 114 valence electrons. The summed E-state index contributed by atoms with van der Waals surface area (Å²) in [4.78, 5) is 12.2. The molecule has 0 aliphatic carbocycles. The first-order valence-electron chi connectivity index (χ1n) is 6.45. The predicted octanol–water partition coefficient (Wildman–Crippen LogP) is 2.86. The Bertz CT molecular complexity index is 581. The van der Waals surface area contributed by atoms with Gasteiger partial charge >= 0.3 is 6.18 Å². The quantitative estimate of drug-likeness (QED) is 0.913. The number of alkyl halides is 3. The SMILES string of the molecule is CCC1=NN(C(=O)c2ccc(C)cc2)[C@](O)(C(F)(F)F)C1. The highest BCUT2D eigenvalue weighted by molar-refractivity contribution is 5.98. The molecule has 0 aromatic heterocycles. The minimum Gasteiger partial charge on any atom is -0.362 e. The van der Waals surface area contributed by atoms with Crippen molar-refractivity contribution in [1.82, 2.24) is 5.01 Å². The number of carbonyl (C=O) groups is 1. The molecule has 0 unspecified atom stereocenters. The summed E-state index contributed by atoms with van der Waals surface area (Å²) >= 11 is 0. The fourth-order valence-electron chi connectivity index (χ4n) is 2.07. The van der Waals surface area contributed by atoms with Crippen LogP contribution in [0.2, 0.25) is 0 Å². The van der Waals surface area contributed by atoms with Gasteiger partial charge in [0.15, 0.2) is 0 Å². The smallest absolute Gasteiger partial charge is 0.362 e. The Labute approximate surface area is 119 Å². The highest BCUT2D eigenvalue weighted by Gasteiger charge is 2.63. The molecule has 1 aromatic carbocycles. The molecule has 0 saturated carbocycles. The summed E-state index contributed by atoms with van der Waals surface area (Å²) in [5.41, 5.74) is -2.23. The van der Waals surface area contributed by atoms with Crippen LogP contribution in [0.5, 0.6) is 0 Å². The fraction of sp³-hybridized carbons (Fsp3) is 0.429. The molecule has 1 N–H and O–H groups in total. The number of rotatable bonds is 2. The predicted molar refractivity (Wildman–Crippen MR) is 70.7 cm³/mol. The van der Waals surface area contributed by atoms with Gasteiger partial charge in [-0.1, -0.05) is 24.6 Å². The molecule has 7 heteroatoms. The Kier molecular flexibility index (Phi) is 3.79. The maximum absolute atomic E-state index is 13.1. The molecule has 1 heterocycles. The zero-order valence-corrected chi connectivity index (χ0v) is 11.6. The molecule has 1 amide bonds. The average molecular weight is 300 g/mol.